The molecule has 1 aliphatic rings. The predicted molar refractivity (Wildman–Crippen MR) is 101 cm³/mol. The molecule has 0 bridgehead atoms. The number of hydrogen-bond donors (Lipinski definition) is 0. The van der Waals surface area contributed by atoms with E-state index in [-0.39, 0.29) is 6.79 Å². The highest BCUT2D eigenvalue weighted by Crippen LogP contribution is 2.36. The first-order valence-electron chi connectivity index (χ1n) is 8.61. The Morgan fingerprint density at radius 3 is 2.54 bits per heavy atom. The van der Waals surface area contributed by atoms with Crippen LogP contribution in [0, 0.1) is 11.3 Å². The summed E-state index contributed by atoms with van der Waals surface area (Å²) < 4.78 is 12.6. The SMILES string of the molecule is N#Cc1ccc(-c2nc(-c3ccc4c(c3)OCO4)n(-c3ccccn3)n2)cc1. The van der Waals surface area contributed by atoms with Crippen LogP contribution in [0.15, 0.2) is 66.9 Å². The highest BCUT2D eigenvalue weighted by atomic mass is 16.7. The molecule has 3 heterocycles. The summed E-state index contributed by atoms with van der Waals surface area (Å²) in [7, 11) is 0. The summed E-state index contributed by atoms with van der Waals surface area (Å²) in [5.74, 6) is 3.22. The molecule has 0 spiro atoms. The Balaban J connectivity index is 1.66. The van der Waals surface area contributed by atoms with Gasteiger partial charge in [0.2, 0.25) is 6.79 Å². The number of benzene rings is 2. The molecule has 28 heavy (non-hydrogen) atoms. The van der Waals surface area contributed by atoms with Crippen LogP contribution in [0.4, 0.5) is 0 Å². The Morgan fingerprint density at radius 2 is 1.75 bits per heavy atom. The van der Waals surface area contributed by atoms with Gasteiger partial charge < -0.3 is 9.47 Å². The average Bonchev–Trinajstić information content (AvgIpc) is 3.41. The van der Waals surface area contributed by atoms with Gasteiger partial charge in [0.05, 0.1) is 11.6 Å². The Kier molecular flexibility index (Phi) is 3.73. The molecule has 2 aromatic heterocycles. The number of nitriles is 1. The maximum atomic E-state index is 9.01. The van der Waals surface area contributed by atoms with Crippen molar-refractivity contribution in [3.63, 3.8) is 0 Å². The molecule has 0 N–H and O–H groups in total. The zero-order valence-electron chi connectivity index (χ0n) is 14.6. The van der Waals surface area contributed by atoms with Crippen molar-refractivity contribution in [2.24, 2.45) is 0 Å². The molecule has 0 fully saturated rings. The van der Waals surface area contributed by atoms with E-state index < -0.39 is 0 Å². The molecule has 134 valence electrons. The normalized spacial score (nSPS) is 12.0. The topological polar surface area (TPSA) is 85.9 Å². The van der Waals surface area contributed by atoms with Crippen molar-refractivity contribution in [2.45, 2.75) is 0 Å². The Hall–Kier alpha value is -4.18. The third-order valence-electron chi connectivity index (χ3n) is 4.38. The van der Waals surface area contributed by atoms with Crippen molar-refractivity contribution in [1.82, 2.24) is 19.7 Å². The summed E-state index contributed by atoms with van der Waals surface area (Å²) in [6, 6.07) is 20.5. The lowest BCUT2D eigenvalue weighted by atomic mass is 10.1. The summed E-state index contributed by atoms with van der Waals surface area (Å²) in [6.07, 6.45) is 1.71. The number of nitrogens with zero attached hydrogens (tertiary/aromatic N) is 5. The third kappa shape index (κ3) is 2.73. The third-order valence-corrected chi connectivity index (χ3v) is 4.38. The second-order valence-electron chi connectivity index (χ2n) is 6.12. The van der Waals surface area contributed by atoms with Gasteiger partial charge in [-0.1, -0.05) is 6.07 Å². The average molecular weight is 367 g/mol. The van der Waals surface area contributed by atoms with E-state index in [4.69, 9.17) is 19.7 Å². The van der Waals surface area contributed by atoms with Crippen LogP contribution in [0.3, 0.4) is 0 Å². The number of pyridine rings is 1. The Morgan fingerprint density at radius 1 is 0.929 bits per heavy atom. The molecule has 0 radical (unpaired) electrons. The molecule has 7 nitrogen and oxygen atoms in total. The molecule has 4 aromatic rings. The largest absolute Gasteiger partial charge is 0.454 e. The first kappa shape index (κ1) is 16.0. The minimum absolute atomic E-state index is 0.211. The van der Waals surface area contributed by atoms with E-state index in [1.54, 1.807) is 23.0 Å². The highest BCUT2D eigenvalue weighted by molar-refractivity contribution is 5.66. The number of aromatic nitrogens is 4. The van der Waals surface area contributed by atoms with Crippen LogP contribution in [0.5, 0.6) is 11.5 Å². The summed E-state index contributed by atoms with van der Waals surface area (Å²) >= 11 is 0. The van der Waals surface area contributed by atoms with E-state index in [9.17, 15) is 0 Å². The predicted octanol–water partition coefficient (Wildman–Crippen LogP) is 3.60. The van der Waals surface area contributed by atoms with Crippen LogP contribution >= 0.6 is 0 Å². The lowest BCUT2D eigenvalue weighted by Crippen LogP contribution is -2.01. The number of rotatable bonds is 3. The van der Waals surface area contributed by atoms with Gasteiger partial charge in [-0.3, -0.25) is 0 Å². The zero-order chi connectivity index (χ0) is 18.9. The molecule has 0 unspecified atom stereocenters. The van der Waals surface area contributed by atoms with E-state index in [2.05, 4.69) is 16.2 Å². The van der Waals surface area contributed by atoms with Crippen LogP contribution in [-0.2, 0) is 0 Å². The van der Waals surface area contributed by atoms with Crippen molar-refractivity contribution in [1.29, 1.82) is 5.26 Å². The minimum atomic E-state index is 0.211. The van der Waals surface area contributed by atoms with Gasteiger partial charge >= 0.3 is 0 Å². The van der Waals surface area contributed by atoms with Crippen molar-refractivity contribution in [2.75, 3.05) is 6.79 Å². The Labute approximate surface area is 160 Å². The van der Waals surface area contributed by atoms with Crippen molar-refractivity contribution < 1.29 is 9.47 Å². The number of hydrogen-bond acceptors (Lipinski definition) is 6. The monoisotopic (exact) mass is 367 g/mol. The fourth-order valence-electron chi connectivity index (χ4n) is 2.99. The molecule has 0 saturated heterocycles. The van der Waals surface area contributed by atoms with Crippen LogP contribution in [0.1, 0.15) is 5.56 Å². The summed E-state index contributed by atoms with van der Waals surface area (Å²) in [4.78, 5) is 9.14. The highest BCUT2D eigenvalue weighted by Gasteiger charge is 2.19. The summed E-state index contributed by atoms with van der Waals surface area (Å²) in [6.45, 7) is 0.211. The second-order valence-corrected chi connectivity index (χ2v) is 6.12. The smallest absolute Gasteiger partial charge is 0.231 e. The molecule has 0 amide bonds. The van der Waals surface area contributed by atoms with E-state index in [0.717, 1.165) is 11.1 Å². The molecule has 5 rings (SSSR count). The minimum Gasteiger partial charge on any atom is -0.454 e. The van der Waals surface area contributed by atoms with Crippen molar-refractivity contribution >= 4 is 0 Å². The summed E-state index contributed by atoms with van der Waals surface area (Å²) in [5.41, 5.74) is 2.24. The molecule has 0 aliphatic carbocycles. The molecule has 7 heteroatoms. The van der Waals surface area contributed by atoms with Gasteiger partial charge in [0.15, 0.2) is 29.0 Å². The van der Waals surface area contributed by atoms with Crippen molar-refractivity contribution in [3.8, 4) is 46.2 Å². The molecule has 0 atom stereocenters. The first-order valence-corrected chi connectivity index (χ1v) is 8.61. The standard InChI is InChI=1S/C21H13N5O2/c22-12-14-4-6-15(7-5-14)20-24-21(26(25-20)19-3-1-2-10-23-19)16-8-9-17-18(11-16)28-13-27-17/h1-11H,13H2. The van der Waals surface area contributed by atoms with E-state index in [1.807, 2.05) is 48.5 Å². The van der Waals surface area contributed by atoms with Crippen LogP contribution in [-0.4, -0.2) is 26.5 Å². The van der Waals surface area contributed by atoms with E-state index in [1.165, 1.54) is 0 Å². The second kappa shape index (κ2) is 6.52. The van der Waals surface area contributed by atoms with E-state index >= 15 is 0 Å². The maximum absolute atomic E-state index is 9.01. The Bertz CT molecular complexity index is 1190. The van der Waals surface area contributed by atoms with Gasteiger partial charge in [-0.25, -0.2) is 9.97 Å². The summed E-state index contributed by atoms with van der Waals surface area (Å²) in [5, 5.41) is 13.7. The number of ether oxygens (including phenoxy) is 2. The van der Waals surface area contributed by atoms with E-state index in [0.29, 0.717) is 34.5 Å². The van der Waals surface area contributed by atoms with Crippen LogP contribution < -0.4 is 9.47 Å². The molecular formula is C21H13N5O2. The van der Waals surface area contributed by atoms with Crippen LogP contribution in [0.2, 0.25) is 0 Å². The maximum Gasteiger partial charge on any atom is 0.231 e. The molecular weight excluding hydrogens is 354 g/mol. The quantitative estimate of drug-likeness (QED) is 0.550. The molecule has 2 aromatic carbocycles. The van der Waals surface area contributed by atoms with Gasteiger partial charge in [0.25, 0.3) is 0 Å². The lowest BCUT2D eigenvalue weighted by Gasteiger charge is -2.05. The molecule has 1 aliphatic heterocycles. The zero-order valence-corrected chi connectivity index (χ0v) is 14.6. The van der Waals surface area contributed by atoms with Crippen LogP contribution in [0.25, 0.3) is 28.6 Å². The van der Waals surface area contributed by atoms with Gasteiger partial charge in [0.1, 0.15) is 0 Å². The molecule has 0 saturated carbocycles. The first-order chi connectivity index (χ1) is 13.8. The van der Waals surface area contributed by atoms with Gasteiger partial charge in [0, 0.05) is 17.3 Å². The fourth-order valence-corrected chi connectivity index (χ4v) is 2.99. The van der Waals surface area contributed by atoms with Gasteiger partial charge in [-0.2, -0.15) is 9.94 Å². The lowest BCUT2D eigenvalue weighted by molar-refractivity contribution is 0.174. The van der Waals surface area contributed by atoms with Gasteiger partial charge in [-0.15, -0.1) is 5.10 Å². The fraction of sp³-hybridized carbons (Fsp3) is 0.0476. The number of fused-ring (bicyclic) bond motifs is 1. The van der Waals surface area contributed by atoms with Gasteiger partial charge in [-0.05, 0) is 54.6 Å². The van der Waals surface area contributed by atoms with Crippen molar-refractivity contribution in [3.05, 3.63) is 72.4 Å².